The second-order valence-electron chi connectivity index (χ2n) is 9.07. The monoisotopic (exact) mass is 331 g/mol. The number of fused-ring (bicyclic) bond motifs is 5. The van der Waals surface area contributed by atoms with Gasteiger partial charge in [0.15, 0.2) is 0 Å². The molecule has 4 aliphatic rings. The van der Waals surface area contributed by atoms with Crippen LogP contribution in [0.2, 0.25) is 0 Å². The lowest BCUT2D eigenvalue weighted by molar-refractivity contribution is -0.135. The molecular weight excluding hydrogens is 302 g/mol. The Kier molecular flexibility index (Phi) is 3.67. The van der Waals surface area contributed by atoms with E-state index in [4.69, 9.17) is 4.84 Å². The molecule has 132 valence electrons. The van der Waals surface area contributed by atoms with Crippen LogP contribution in [0.5, 0.6) is 0 Å². The largest absolute Gasteiger partial charge is 0.399 e. The van der Waals surface area contributed by atoms with Crippen LogP contribution in [0.3, 0.4) is 0 Å². The van der Waals surface area contributed by atoms with Crippen molar-refractivity contribution >= 4 is 17.3 Å². The van der Waals surface area contributed by atoms with E-state index < -0.39 is 0 Å². The van der Waals surface area contributed by atoms with Gasteiger partial charge in [-0.05, 0) is 55.3 Å². The summed E-state index contributed by atoms with van der Waals surface area (Å²) in [5.41, 5.74) is 1.19. The van der Waals surface area contributed by atoms with E-state index in [9.17, 15) is 9.59 Å². The van der Waals surface area contributed by atoms with Crippen molar-refractivity contribution < 1.29 is 14.4 Å². The number of hydrogen-bond acceptors (Lipinski definition) is 4. The highest BCUT2D eigenvalue weighted by atomic mass is 16.6. The SMILES string of the molecule is CO/N=C1/CC2CC(=O)CC[C@]2(C)[C@H]2CC[C@]3(C)C(=O)CC[C@H]3[C@H]12. The van der Waals surface area contributed by atoms with Crippen molar-refractivity contribution in [1.29, 1.82) is 0 Å². The first-order valence-corrected chi connectivity index (χ1v) is 9.55. The molecule has 0 spiro atoms. The molecule has 24 heavy (non-hydrogen) atoms. The number of nitrogens with zero attached hydrogens (tertiary/aromatic N) is 1. The normalized spacial score (nSPS) is 49.5. The van der Waals surface area contributed by atoms with Crippen molar-refractivity contribution in [2.45, 2.75) is 65.2 Å². The van der Waals surface area contributed by atoms with Crippen molar-refractivity contribution in [3.63, 3.8) is 0 Å². The molecule has 0 N–H and O–H groups in total. The highest BCUT2D eigenvalue weighted by molar-refractivity contribution is 5.93. The zero-order valence-electron chi connectivity index (χ0n) is 15.1. The van der Waals surface area contributed by atoms with Crippen molar-refractivity contribution in [2.75, 3.05) is 7.11 Å². The molecule has 0 amide bonds. The Morgan fingerprint density at radius 3 is 2.58 bits per heavy atom. The smallest absolute Gasteiger partial charge is 0.139 e. The van der Waals surface area contributed by atoms with Crippen LogP contribution in [-0.2, 0) is 14.4 Å². The van der Waals surface area contributed by atoms with Gasteiger partial charge in [0.25, 0.3) is 0 Å². The Morgan fingerprint density at radius 1 is 1.04 bits per heavy atom. The topological polar surface area (TPSA) is 55.7 Å². The fraction of sp³-hybridized carbons (Fsp3) is 0.850. The van der Waals surface area contributed by atoms with Gasteiger partial charge in [-0.1, -0.05) is 19.0 Å². The van der Waals surface area contributed by atoms with Gasteiger partial charge < -0.3 is 4.84 Å². The van der Waals surface area contributed by atoms with Gasteiger partial charge >= 0.3 is 0 Å². The molecule has 0 saturated heterocycles. The predicted octanol–water partition coefficient (Wildman–Crippen LogP) is 3.78. The minimum atomic E-state index is -0.163. The van der Waals surface area contributed by atoms with Crippen LogP contribution in [0.4, 0.5) is 0 Å². The van der Waals surface area contributed by atoms with Gasteiger partial charge in [0.2, 0.25) is 0 Å². The standard InChI is InChI=1S/C20H29NO3/c1-19-8-6-13(22)10-12(19)11-16(21-24-3)18-14-4-5-17(23)20(14,2)9-7-15(18)19/h12,14-15,18H,4-11H2,1-3H3/b21-16-/t12?,14-,15-,18-,19-,20-/m0/s1. The van der Waals surface area contributed by atoms with E-state index in [1.54, 1.807) is 7.11 Å². The average Bonchev–Trinajstić information content (AvgIpc) is 2.85. The van der Waals surface area contributed by atoms with Crippen molar-refractivity contribution in [1.82, 2.24) is 0 Å². The second kappa shape index (κ2) is 5.40. The van der Waals surface area contributed by atoms with Crippen molar-refractivity contribution in [3.8, 4) is 0 Å². The van der Waals surface area contributed by atoms with Gasteiger partial charge in [0.1, 0.15) is 18.7 Å². The number of oxime groups is 1. The van der Waals surface area contributed by atoms with E-state index in [0.717, 1.165) is 50.7 Å². The minimum Gasteiger partial charge on any atom is -0.399 e. The summed E-state index contributed by atoms with van der Waals surface area (Å²) in [6.45, 7) is 4.59. The van der Waals surface area contributed by atoms with Gasteiger partial charge in [-0.2, -0.15) is 0 Å². The summed E-state index contributed by atoms with van der Waals surface area (Å²) in [6, 6.07) is 0. The molecule has 4 saturated carbocycles. The van der Waals surface area contributed by atoms with Crippen LogP contribution in [0.1, 0.15) is 65.2 Å². The first-order chi connectivity index (χ1) is 11.4. The lowest BCUT2D eigenvalue weighted by Gasteiger charge is -2.59. The maximum absolute atomic E-state index is 12.6. The Bertz CT molecular complexity index is 612. The molecule has 4 nitrogen and oxygen atoms in total. The van der Waals surface area contributed by atoms with Crippen LogP contribution in [0.15, 0.2) is 5.16 Å². The Hall–Kier alpha value is -1.19. The van der Waals surface area contributed by atoms with Gasteiger partial charge in [0, 0.05) is 30.6 Å². The maximum Gasteiger partial charge on any atom is 0.139 e. The fourth-order valence-corrected chi connectivity index (χ4v) is 6.74. The third kappa shape index (κ3) is 2.07. The number of ketones is 2. The molecule has 0 aromatic rings. The lowest BCUT2D eigenvalue weighted by atomic mass is 9.45. The third-order valence-electron chi connectivity index (χ3n) is 8.22. The summed E-state index contributed by atoms with van der Waals surface area (Å²) in [5, 5.41) is 4.43. The molecule has 0 aliphatic heterocycles. The number of rotatable bonds is 1. The van der Waals surface area contributed by atoms with Gasteiger partial charge in [-0.3, -0.25) is 9.59 Å². The highest BCUT2D eigenvalue weighted by Gasteiger charge is 2.62. The molecule has 4 fully saturated rings. The minimum absolute atomic E-state index is 0.163. The molecule has 1 unspecified atom stereocenters. The lowest BCUT2D eigenvalue weighted by Crippen LogP contribution is -2.57. The van der Waals surface area contributed by atoms with E-state index >= 15 is 0 Å². The van der Waals surface area contributed by atoms with Crippen LogP contribution >= 0.6 is 0 Å². The van der Waals surface area contributed by atoms with Gasteiger partial charge in [-0.15, -0.1) is 0 Å². The number of Topliss-reactive ketones (excluding diaryl/α,β-unsaturated/α-hetero) is 2. The quantitative estimate of drug-likeness (QED) is 0.687. The first kappa shape index (κ1) is 16.3. The van der Waals surface area contributed by atoms with Crippen molar-refractivity contribution in [2.24, 2.45) is 39.7 Å². The van der Waals surface area contributed by atoms with Crippen LogP contribution in [0.25, 0.3) is 0 Å². The van der Waals surface area contributed by atoms with E-state index in [0.29, 0.717) is 41.7 Å². The number of carbonyl (C=O) groups excluding carboxylic acids is 2. The predicted molar refractivity (Wildman–Crippen MR) is 91.6 cm³/mol. The van der Waals surface area contributed by atoms with E-state index in [1.165, 1.54) is 0 Å². The van der Waals surface area contributed by atoms with Crippen molar-refractivity contribution in [3.05, 3.63) is 0 Å². The zero-order valence-corrected chi connectivity index (χ0v) is 15.1. The summed E-state index contributed by atoms with van der Waals surface area (Å²) in [7, 11) is 1.61. The Balaban J connectivity index is 1.76. The van der Waals surface area contributed by atoms with Crippen LogP contribution in [-0.4, -0.2) is 24.4 Å². The fourth-order valence-electron chi connectivity index (χ4n) is 6.74. The highest BCUT2D eigenvalue weighted by Crippen LogP contribution is 2.64. The Morgan fingerprint density at radius 2 is 1.83 bits per heavy atom. The number of hydrogen-bond donors (Lipinski definition) is 0. The molecule has 4 aliphatic carbocycles. The maximum atomic E-state index is 12.6. The van der Waals surface area contributed by atoms with Gasteiger partial charge in [-0.25, -0.2) is 0 Å². The average molecular weight is 331 g/mol. The molecule has 0 radical (unpaired) electrons. The zero-order chi connectivity index (χ0) is 17.1. The van der Waals surface area contributed by atoms with Crippen LogP contribution < -0.4 is 0 Å². The summed E-state index contributed by atoms with van der Waals surface area (Å²) in [5.74, 6) is 2.58. The molecule has 6 atom stereocenters. The Labute approximate surface area is 144 Å². The van der Waals surface area contributed by atoms with E-state index in [2.05, 4.69) is 19.0 Å². The molecular formula is C20H29NO3. The number of carbonyl (C=O) groups is 2. The van der Waals surface area contributed by atoms with Crippen LogP contribution in [0, 0.1) is 34.5 Å². The van der Waals surface area contributed by atoms with E-state index in [1.807, 2.05) is 0 Å². The molecule has 0 aromatic heterocycles. The summed E-state index contributed by atoms with van der Waals surface area (Å²) in [6.07, 6.45) is 7.13. The first-order valence-electron chi connectivity index (χ1n) is 9.55. The molecule has 4 heteroatoms. The second-order valence-corrected chi connectivity index (χ2v) is 9.07. The third-order valence-corrected chi connectivity index (χ3v) is 8.22. The molecule has 0 heterocycles. The van der Waals surface area contributed by atoms with E-state index in [-0.39, 0.29) is 10.8 Å². The molecule has 0 aromatic carbocycles. The van der Waals surface area contributed by atoms with Gasteiger partial charge in [0.05, 0.1) is 5.71 Å². The molecule has 0 bridgehead atoms. The summed E-state index contributed by atoms with van der Waals surface area (Å²) in [4.78, 5) is 29.8. The molecule has 4 rings (SSSR count). The summed E-state index contributed by atoms with van der Waals surface area (Å²) >= 11 is 0. The summed E-state index contributed by atoms with van der Waals surface area (Å²) < 4.78 is 0.